The number of fused-ring (bicyclic) bond motifs is 2. The SMILES string of the molecule is CC(=O)c1ccc(N(C(=O)c2nc3nccc(C)n3n2)c2nc3ccccc3s2)cc1. The van der Waals surface area contributed by atoms with Crippen LogP contribution in [-0.4, -0.2) is 36.3 Å². The number of aromatic nitrogens is 5. The van der Waals surface area contributed by atoms with Crippen LogP contribution in [0.3, 0.4) is 0 Å². The maximum Gasteiger partial charge on any atom is 0.304 e. The van der Waals surface area contributed by atoms with Gasteiger partial charge in [-0.2, -0.15) is 4.98 Å². The molecule has 3 aromatic heterocycles. The Labute approximate surface area is 180 Å². The van der Waals surface area contributed by atoms with Crippen molar-refractivity contribution < 1.29 is 9.59 Å². The van der Waals surface area contributed by atoms with E-state index in [1.807, 2.05) is 31.2 Å². The molecule has 3 heterocycles. The minimum Gasteiger partial charge on any atom is -0.295 e. The number of nitrogens with zero attached hydrogens (tertiary/aromatic N) is 6. The van der Waals surface area contributed by atoms with Gasteiger partial charge in [-0.25, -0.2) is 19.4 Å². The molecule has 0 radical (unpaired) electrons. The number of amides is 1. The quantitative estimate of drug-likeness (QED) is 0.398. The van der Waals surface area contributed by atoms with Crippen LogP contribution in [0.1, 0.15) is 33.6 Å². The summed E-state index contributed by atoms with van der Waals surface area (Å²) in [6.07, 6.45) is 1.62. The number of carbonyl (C=O) groups excluding carboxylic acids is 2. The van der Waals surface area contributed by atoms with Gasteiger partial charge in [0.05, 0.1) is 15.9 Å². The molecule has 5 rings (SSSR count). The van der Waals surface area contributed by atoms with Crippen LogP contribution in [0.15, 0.2) is 60.8 Å². The summed E-state index contributed by atoms with van der Waals surface area (Å²) in [4.78, 5) is 39.9. The van der Waals surface area contributed by atoms with Gasteiger partial charge in [0.25, 0.3) is 5.78 Å². The highest BCUT2D eigenvalue weighted by molar-refractivity contribution is 7.22. The predicted octanol–water partition coefficient (Wildman–Crippen LogP) is 4.22. The van der Waals surface area contributed by atoms with Gasteiger partial charge in [0, 0.05) is 17.5 Å². The van der Waals surface area contributed by atoms with Crippen molar-refractivity contribution in [3.8, 4) is 0 Å². The molecule has 152 valence electrons. The molecule has 5 aromatic rings. The Morgan fingerprint density at radius 1 is 1.00 bits per heavy atom. The summed E-state index contributed by atoms with van der Waals surface area (Å²) in [5.74, 6) is -0.122. The molecule has 9 heteroatoms. The van der Waals surface area contributed by atoms with E-state index in [0.717, 1.165) is 15.9 Å². The standard InChI is InChI=1S/C22H16N6O2S/c1-13-11-12-23-21-25-19(26-28(13)21)20(30)27(16-9-7-15(8-10-16)14(2)29)22-24-17-5-3-4-6-18(17)31-22/h3-12H,1-2H3. The van der Waals surface area contributed by atoms with Crippen molar-refractivity contribution in [2.45, 2.75) is 13.8 Å². The molecule has 2 aromatic carbocycles. The number of hydrogen-bond donors (Lipinski definition) is 0. The van der Waals surface area contributed by atoms with Crippen molar-refractivity contribution in [3.63, 3.8) is 0 Å². The summed E-state index contributed by atoms with van der Waals surface area (Å²) in [5, 5.41) is 4.85. The molecule has 0 saturated carbocycles. The van der Waals surface area contributed by atoms with Gasteiger partial charge in [-0.05, 0) is 56.3 Å². The zero-order chi connectivity index (χ0) is 21.5. The second kappa shape index (κ2) is 7.37. The van der Waals surface area contributed by atoms with Crippen LogP contribution in [0.2, 0.25) is 0 Å². The van der Waals surface area contributed by atoms with E-state index < -0.39 is 5.91 Å². The number of benzene rings is 2. The molecule has 1 amide bonds. The smallest absolute Gasteiger partial charge is 0.295 e. The fourth-order valence-electron chi connectivity index (χ4n) is 3.21. The first kappa shape index (κ1) is 19.0. The van der Waals surface area contributed by atoms with Gasteiger partial charge in [0.1, 0.15) is 0 Å². The number of hydrogen-bond acceptors (Lipinski definition) is 7. The van der Waals surface area contributed by atoms with Crippen LogP contribution in [0.4, 0.5) is 10.8 Å². The molecule has 8 nitrogen and oxygen atoms in total. The first-order chi connectivity index (χ1) is 15.0. The predicted molar refractivity (Wildman–Crippen MR) is 118 cm³/mol. The number of rotatable bonds is 4. The van der Waals surface area contributed by atoms with Crippen LogP contribution >= 0.6 is 11.3 Å². The van der Waals surface area contributed by atoms with E-state index in [2.05, 4.69) is 20.1 Å². The summed E-state index contributed by atoms with van der Waals surface area (Å²) in [5.41, 5.74) is 2.73. The molecule has 0 atom stereocenters. The number of Topliss-reactive ketones (excluding diaryl/α,β-unsaturated/α-hetero) is 1. The van der Waals surface area contributed by atoms with Crippen molar-refractivity contribution in [1.82, 2.24) is 24.6 Å². The van der Waals surface area contributed by atoms with Crippen molar-refractivity contribution in [2.75, 3.05) is 4.90 Å². The zero-order valence-corrected chi connectivity index (χ0v) is 17.5. The molecule has 0 fully saturated rings. The molecule has 0 N–H and O–H groups in total. The van der Waals surface area contributed by atoms with Gasteiger partial charge in [-0.1, -0.05) is 23.5 Å². The van der Waals surface area contributed by atoms with Crippen molar-refractivity contribution >= 4 is 49.8 Å². The maximum atomic E-state index is 13.6. The van der Waals surface area contributed by atoms with Gasteiger partial charge >= 0.3 is 5.91 Å². The van der Waals surface area contributed by atoms with E-state index in [0.29, 0.717) is 22.2 Å². The highest BCUT2D eigenvalue weighted by Crippen LogP contribution is 2.34. The molecule has 0 unspecified atom stereocenters. The summed E-state index contributed by atoms with van der Waals surface area (Å²) >= 11 is 1.39. The van der Waals surface area contributed by atoms with Crippen LogP contribution < -0.4 is 4.90 Å². The Morgan fingerprint density at radius 2 is 1.77 bits per heavy atom. The Hall–Kier alpha value is -3.98. The number of ketones is 1. The number of carbonyl (C=O) groups is 2. The Bertz CT molecular complexity index is 1420. The lowest BCUT2D eigenvalue weighted by molar-refractivity contribution is 0.0988. The lowest BCUT2D eigenvalue weighted by Crippen LogP contribution is -2.27. The first-order valence-corrected chi connectivity index (χ1v) is 10.3. The largest absolute Gasteiger partial charge is 0.304 e. The highest BCUT2D eigenvalue weighted by atomic mass is 32.1. The topological polar surface area (TPSA) is 93.4 Å². The van der Waals surface area contributed by atoms with Crippen LogP contribution in [-0.2, 0) is 0 Å². The maximum absolute atomic E-state index is 13.6. The number of thiazole rings is 1. The molecule has 0 aliphatic carbocycles. The lowest BCUT2D eigenvalue weighted by Gasteiger charge is -2.18. The molecule has 0 aliphatic heterocycles. The third kappa shape index (κ3) is 3.34. The van der Waals surface area contributed by atoms with E-state index in [-0.39, 0.29) is 11.6 Å². The fourth-order valence-corrected chi connectivity index (χ4v) is 4.20. The highest BCUT2D eigenvalue weighted by Gasteiger charge is 2.27. The minimum atomic E-state index is -0.431. The Balaban J connectivity index is 1.65. The Kier molecular flexibility index (Phi) is 4.52. The molecular formula is C22H16N6O2S. The van der Waals surface area contributed by atoms with Crippen molar-refractivity contribution in [3.05, 3.63) is 77.9 Å². The lowest BCUT2D eigenvalue weighted by atomic mass is 10.1. The third-order valence-corrected chi connectivity index (χ3v) is 5.85. The monoisotopic (exact) mass is 428 g/mol. The van der Waals surface area contributed by atoms with Gasteiger partial charge in [0.2, 0.25) is 5.82 Å². The molecule has 31 heavy (non-hydrogen) atoms. The summed E-state index contributed by atoms with van der Waals surface area (Å²) < 4.78 is 2.49. The van der Waals surface area contributed by atoms with Gasteiger partial charge in [-0.3, -0.25) is 9.59 Å². The number of aryl methyl sites for hydroxylation is 1. The summed E-state index contributed by atoms with van der Waals surface area (Å²) in [7, 11) is 0. The molecule has 0 spiro atoms. The number of para-hydroxylation sites is 1. The van der Waals surface area contributed by atoms with E-state index >= 15 is 0 Å². The molecule has 0 saturated heterocycles. The molecular weight excluding hydrogens is 412 g/mol. The van der Waals surface area contributed by atoms with E-state index in [4.69, 9.17) is 0 Å². The third-order valence-electron chi connectivity index (χ3n) is 4.83. The first-order valence-electron chi connectivity index (χ1n) is 9.51. The zero-order valence-electron chi connectivity index (χ0n) is 16.7. The van der Waals surface area contributed by atoms with Crippen LogP contribution in [0.5, 0.6) is 0 Å². The normalized spacial score (nSPS) is 11.2. The van der Waals surface area contributed by atoms with E-state index in [1.165, 1.54) is 27.7 Å². The van der Waals surface area contributed by atoms with Gasteiger partial charge < -0.3 is 0 Å². The number of anilines is 2. The van der Waals surface area contributed by atoms with Crippen molar-refractivity contribution in [2.24, 2.45) is 0 Å². The molecule has 0 bridgehead atoms. The van der Waals surface area contributed by atoms with Crippen LogP contribution in [0.25, 0.3) is 16.0 Å². The van der Waals surface area contributed by atoms with Gasteiger partial charge in [-0.15, -0.1) is 5.10 Å². The average molecular weight is 428 g/mol. The second-order valence-corrected chi connectivity index (χ2v) is 7.95. The second-order valence-electron chi connectivity index (χ2n) is 6.94. The summed E-state index contributed by atoms with van der Waals surface area (Å²) in [6.45, 7) is 3.37. The average Bonchev–Trinajstić information content (AvgIpc) is 3.39. The summed E-state index contributed by atoms with van der Waals surface area (Å²) in [6, 6.07) is 16.3. The van der Waals surface area contributed by atoms with Gasteiger partial charge in [0.15, 0.2) is 10.9 Å². The fraction of sp³-hybridized carbons (Fsp3) is 0.0909. The minimum absolute atomic E-state index is 0.0108. The van der Waals surface area contributed by atoms with Crippen LogP contribution in [0, 0.1) is 6.92 Å². The van der Waals surface area contributed by atoms with E-state index in [9.17, 15) is 9.59 Å². The molecule has 0 aliphatic rings. The van der Waals surface area contributed by atoms with Crippen molar-refractivity contribution in [1.29, 1.82) is 0 Å². The Morgan fingerprint density at radius 3 is 2.48 bits per heavy atom. The van der Waals surface area contributed by atoms with E-state index in [1.54, 1.807) is 36.5 Å².